The van der Waals surface area contributed by atoms with Gasteiger partial charge in [-0.3, -0.25) is 0 Å². The highest BCUT2D eigenvalue weighted by Crippen LogP contribution is 2.27. The lowest BCUT2D eigenvalue weighted by Crippen LogP contribution is -1.89. The van der Waals surface area contributed by atoms with E-state index < -0.39 is 0 Å². The Kier molecular flexibility index (Phi) is 1.53. The van der Waals surface area contributed by atoms with E-state index >= 15 is 0 Å². The summed E-state index contributed by atoms with van der Waals surface area (Å²) in [5, 5.41) is 1.36. The lowest BCUT2D eigenvalue weighted by Gasteiger charge is -1.99. The number of nitrogens with zero attached hydrogens (tertiary/aromatic N) is 1. The van der Waals surface area contributed by atoms with Crippen LogP contribution in [0.4, 0.5) is 0 Å². The van der Waals surface area contributed by atoms with Crippen molar-refractivity contribution >= 4 is 26.8 Å². The predicted molar refractivity (Wildman–Crippen MR) is 58.0 cm³/mol. The Morgan fingerprint density at radius 3 is 3.08 bits per heavy atom. The zero-order chi connectivity index (χ0) is 8.84. The second-order valence-corrected chi connectivity index (χ2v) is 4.51. The van der Waals surface area contributed by atoms with Gasteiger partial charge in [-0.15, -0.1) is 0 Å². The Hall–Kier alpha value is -0.760. The Labute approximate surface area is 85.5 Å². The van der Waals surface area contributed by atoms with Gasteiger partial charge in [-0.05, 0) is 37.1 Å². The van der Waals surface area contributed by atoms with Gasteiger partial charge in [-0.1, -0.05) is 15.9 Å². The monoisotopic (exact) mass is 235 g/mol. The first-order valence-corrected chi connectivity index (χ1v) is 5.41. The van der Waals surface area contributed by atoms with Crippen molar-refractivity contribution in [3.8, 4) is 0 Å². The van der Waals surface area contributed by atoms with E-state index in [0.717, 1.165) is 0 Å². The van der Waals surface area contributed by atoms with Crippen molar-refractivity contribution in [3.05, 3.63) is 34.4 Å². The Morgan fingerprint density at radius 1 is 1.23 bits per heavy atom. The average Bonchev–Trinajstić information content (AvgIpc) is 2.62. The summed E-state index contributed by atoms with van der Waals surface area (Å²) in [5.74, 6) is 0. The fraction of sp³-hybridized carbons (Fsp3) is 0.273. The number of hydrogen-bond donors (Lipinski definition) is 0. The van der Waals surface area contributed by atoms with Gasteiger partial charge in [0, 0.05) is 27.6 Å². The first-order valence-electron chi connectivity index (χ1n) is 4.62. The molecule has 0 bridgehead atoms. The summed E-state index contributed by atoms with van der Waals surface area (Å²) >= 11 is 3.50. The SMILES string of the molecule is Brc1ccc2c(c1)cc1n2CCC1. The normalized spacial score (nSPS) is 15.2. The maximum Gasteiger partial charge on any atom is 0.0483 e. The molecule has 0 aliphatic carbocycles. The van der Waals surface area contributed by atoms with Crippen molar-refractivity contribution in [2.75, 3.05) is 0 Å². The highest BCUT2D eigenvalue weighted by atomic mass is 79.9. The van der Waals surface area contributed by atoms with Gasteiger partial charge >= 0.3 is 0 Å². The molecule has 0 atom stereocenters. The average molecular weight is 236 g/mol. The predicted octanol–water partition coefficient (Wildman–Crippen LogP) is 3.35. The number of benzene rings is 1. The summed E-state index contributed by atoms with van der Waals surface area (Å²) in [6, 6.07) is 8.83. The van der Waals surface area contributed by atoms with E-state index in [9.17, 15) is 0 Å². The van der Waals surface area contributed by atoms with E-state index in [-0.39, 0.29) is 0 Å². The van der Waals surface area contributed by atoms with Gasteiger partial charge in [0.1, 0.15) is 0 Å². The second-order valence-electron chi connectivity index (χ2n) is 3.59. The minimum absolute atomic E-state index is 1.17. The topological polar surface area (TPSA) is 4.93 Å². The van der Waals surface area contributed by atoms with Crippen molar-refractivity contribution in [1.82, 2.24) is 4.57 Å². The summed E-state index contributed by atoms with van der Waals surface area (Å²) in [6.07, 6.45) is 2.55. The maximum atomic E-state index is 3.50. The molecule has 0 saturated carbocycles. The molecule has 1 aliphatic rings. The molecule has 1 aliphatic heterocycles. The summed E-state index contributed by atoms with van der Waals surface area (Å²) in [6.45, 7) is 1.19. The van der Waals surface area contributed by atoms with E-state index in [1.165, 1.54) is 40.5 Å². The Bertz CT molecular complexity index is 470. The minimum atomic E-state index is 1.17. The third kappa shape index (κ3) is 1.05. The fourth-order valence-electron chi connectivity index (χ4n) is 2.19. The van der Waals surface area contributed by atoms with Crippen LogP contribution in [-0.4, -0.2) is 4.57 Å². The van der Waals surface area contributed by atoms with Crippen molar-refractivity contribution in [2.24, 2.45) is 0 Å². The first kappa shape index (κ1) is 7.63. The molecule has 0 spiro atoms. The highest BCUT2D eigenvalue weighted by Gasteiger charge is 2.13. The molecule has 13 heavy (non-hydrogen) atoms. The number of halogens is 1. The third-order valence-corrected chi connectivity index (χ3v) is 3.26. The van der Waals surface area contributed by atoms with E-state index in [0.29, 0.717) is 0 Å². The van der Waals surface area contributed by atoms with Crippen LogP contribution in [0.3, 0.4) is 0 Å². The standard InChI is InChI=1S/C11H10BrN/c12-9-3-4-11-8(6-9)7-10-2-1-5-13(10)11/h3-4,6-7H,1-2,5H2. The Balaban J connectivity index is 2.38. The lowest BCUT2D eigenvalue weighted by atomic mass is 10.2. The number of hydrogen-bond acceptors (Lipinski definition) is 0. The molecule has 0 radical (unpaired) electrons. The fourth-order valence-corrected chi connectivity index (χ4v) is 2.57. The zero-order valence-corrected chi connectivity index (χ0v) is 8.84. The molecule has 0 saturated heterocycles. The van der Waals surface area contributed by atoms with Crippen LogP contribution < -0.4 is 0 Å². The van der Waals surface area contributed by atoms with Gasteiger partial charge in [0.25, 0.3) is 0 Å². The molecule has 1 aromatic carbocycles. The molecule has 1 aromatic heterocycles. The van der Waals surface area contributed by atoms with Crippen LogP contribution in [0.1, 0.15) is 12.1 Å². The largest absolute Gasteiger partial charge is 0.345 e. The maximum absolute atomic E-state index is 3.50. The van der Waals surface area contributed by atoms with E-state index in [1.54, 1.807) is 0 Å². The molecule has 2 heterocycles. The Morgan fingerprint density at radius 2 is 2.15 bits per heavy atom. The number of fused-ring (bicyclic) bond motifs is 3. The number of aromatic nitrogens is 1. The van der Waals surface area contributed by atoms with E-state index in [4.69, 9.17) is 0 Å². The van der Waals surface area contributed by atoms with E-state index in [2.05, 4.69) is 44.8 Å². The van der Waals surface area contributed by atoms with Crippen LogP contribution in [0.2, 0.25) is 0 Å². The van der Waals surface area contributed by atoms with Crippen molar-refractivity contribution < 1.29 is 0 Å². The first-order chi connectivity index (χ1) is 6.34. The molecule has 0 unspecified atom stereocenters. The van der Waals surface area contributed by atoms with Gasteiger partial charge in [-0.2, -0.15) is 0 Å². The van der Waals surface area contributed by atoms with E-state index in [1.807, 2.05) is 0 Å². The van der Waals surface area contributed by atoms with Gasteiger partial charge in [0.05, 0.1) is 0 Å². The molecule has 3 rings (SSSR count). The molecule has 66 valence electrons. The molecule has 2 heteroatoms. The summed E-state index contributed by atoms with van der Waals surface area (Å²) in [5.41, 5.74) is 2.88. The van der Waals surface area contributed by atoms with Crippen LogP contribution >= 0.6 is 15.9 Å². The number of aryl methyl sites for hydroxylation is 2. The number of rotatable bonds is 0. The van der Waals surface area contributed by atoms with Crippen LogP contribution in [0, 0.1) is 0 Å². The molecule has 1 nitrogen and oxygen atoms in total. The van der Waals surface area contributed by atoms with Crippen LogP contribution in [-0.2, 0) is 13.0 Å². The van der Waals surface area contributed by atoms with Crippen LogP contribution in [0.5, 0.6) is 0 Å². The van der Waals surface area contributed by atoms with Crippen LogP contribution in [0.25, 0.3) is 10.9 Å². The molecule has 2 aromatic rings. The van der Waals surface area contributed by atoms with Gasteiger partial charge < -0.3 is 4.57 Å². The van der Waals surface area contributed by atoms with Crippen molar-refractivity contribution in [3.63, 3.8) is 0 Å². The van der Waals surface area contributed by atoms with Crippen molar-refractivity contribution in [1.29, 1.82) is 0 Å². The summed E-state index contributed by atoms with van der Waals surface area (Å²) < 4.78 is 3.60. The molecule has 0 N–H and O–H groups in total. The molecule has 0 fully saturated rings. The molecular formula is C11H10BrN. The third-order valence-electron chi connectivity index (χ3n) is 2.76. The second kappa shape index (κ2) is 2.61. The minimum Gasteiger partial charge on any atom is -0.345 e. The van der Waals surface area contributed by atoms with Crippen molar-refractivity contribution in [2.45, 2.75) is 19.4 Å². The van der Waals surface area contributed by atoms with Crippen LogP contribution in [0.15, 0.2) is 28.7 Å². The van der Waals surface area contributed by atoms with Gasteiger partial charge in [0.15, 0.2) is 0 Å². The molecular weight excluding hydrogens is 226 g/mol. The zero-order valence-electron chi connectivity index (χ0n) is 7.26. The lowest BCUT2D eigenvalue weighted by molar-refractivity contribution is 0.772. The highest BCUT2D eigenvalue weighted by molar-refractivity contribution is 9.10. The quantitative estimate of drug-likeness (QED) is 0.661. The van der Waals surface area contributed by atoms with Gasteiger partial charge in [0.2, 0.25) is 0 Å². The summed E-state index contributed by atoms with van der Waals surface area (Å²) in [4.78, 5) is 0. The molecule has 0 amide bonds. The summed E-state index contributed by atoms with van der Waals surface area (Å²) in [7, 11) is 0. The van der Waals surface area contributed by atoms with Gasteiger partial charge in [-0.25, -0.2) is 0 Å². The smallest absolute Gasteiger partial charge is 0.0483 e.